The van der Waals surface area contributed by atoms with Gasteiger partial charge in [0.1, 0.15) is 11.6 Å². The molecule has 24 heavy (non-hydrogen) atoms. The first-order valence-corrected chi connectivity index (χ1v) is 8.81. The maximum Gasteiger partial charge on any atom is 0.234 e. The monoisotopic (exact) mass is 358 g/mol. The molecular weight excluding hydrogens is 324 g/mol. The van der Waals surface area contributed by atoms with Crippen LogP contribution in [0, 0.1) is 0 Å². The molecule has 0 N–H and O–H groups in total. The topological polar surface area (TPSA) is 75.9 Å². The number of isothiocyanates is 1. The average Bonchev–Trinajstić information content (AvgIpc) is 2.62. The van der Waals surface area contributed by atoms with Crippen molar-refractivity contribution in [2.75, 3.05) is 14.1 Å². The summed E-state index contributed by atoms with van der Waals surface area (Å²) in [7, 11) is 2.97. The lowest BCUT2D eigenvalue weighted by Gasteiger charge is -1.93. The molecule has 0 aromatic carbocycles. The van der Waals surface area contributed by atoms with E-state index in [1.54, 1.807) is 7.05 Å². The van der Waals surface area contributed by atoms with E-state index in [0.717, 1.165) is 25.7 Å². The maximum absolute atomic E-state index is 10.7. The Bertz CT molecular complexity index is 356. The third-order valence-electron chi connectivity index (χ3n) is 2.56. The summed E-state index contributed by atoms with van der Waals surface area (Å²) in [5.74, 6) is 0.783. The van der Waals surface area contributed by atoms with Gasteiger partial charge in [0.05, 0.1) is 5.16 Å². The second-order valence-electron chi connectivity index (χ2n) is 4.62. The summed E-state index contributed by atoms with van der Waals surface area (Å²) < 4.78 is 0. The number of isocyanates is 1. The molecule has 5 nitrogen and oxygen atoms in total. The SMILES string of the molecule is CCCC(=O)CC.CCCCCC(=O)CC.CN=C=O.CN=C=S. The molecule has 0 aliphatic rings. The van der Waals surface area contributed by atoms with Gasteiger partial charge in [-0.2, -0.15) is 0 Å². The molecule has 0 saturated heterocycles. The maximum atomic E-state index is 10.7. The van der Waals surface area contributed by atoms with Crippen LogP contribution in [0.3, 0.4) is 0 Å². The molecule has 0 fully saturated rings. The van der Waals surface area contributed by atoms with E-state index in [2.05, 4.69) is 34.3 Å². The van der Waals surface area contributed by atoms with E-state index in [9.17, 15) is 9.59 Å². The van der Waals surface area contributed by atoms with Crippen molar-refractivity contribution >= 4 is 35.0 Å². The number of carbonyl (C=O) groups excluding carboxylic acids is 3. The number of unbranched alkanes of at least 4 members (excludes halogenated alkanes) is 2. The van der Waals surface area contributed by atoms with Crippen LogP contribution in [0.4, 0.5) is 0 Å². The van der Waals surface area contributed by atoms with E-state index >= 15 is 0 Å². The van der Waals surface area contributed by atoms with E-state index in [1.165, 1.54) is 26.0 Å². The first-order chi connectivity index (χ1) is 11.4. The predicted molar refractivity (Wildman–Crippen MR) is 105 cm³/mol. The molecule has 0 aliphatic heterocycles. The molecule has 0 rings (SSSR count). The fourth-order valence-corrected chi connectivity index (χ4v) is 1.20. The zero-order chi connectivity index (χ0) is 19.6. The second kappa shape index (κ2) is 33.2. The number of ketones is 2. The molecule has 0 aromatic heterocycles. The normalized spacial score (nSPS) is 7.58. The molecule has 0 bridgehead atoms. The van der Waals surface area contributed by atoms with Gasteiger partial charge in [-0.3, -0.25) is 9.59 Å². The van der Waals surface area contributed by atoms with Gasteiger partial charge in [0, 0.05) is 39.8 Å². The number of Topliss-reactive ketones (excluding diaryl/α,β-unsaturated/α-hetero) is 2. The van der Waals surface area contributed by atoms with E-state index < -0.39 is 0 Å². The number of thiocarbonyl (C=S) groups is 1. The summed E-state index contributed by atoms with van der Waals surface area (Å²) in [5, 5.41) is 2.14. The second-order valence-corrected chi connectivity index (χ2v) is 4.80. The molecule has 6 heteroatoms. The standard InChI is InChI=1S/C8H16O.C6H12O.C2H3NO.C2H3NS/c1-3-5-6-7-8(9)4-2;1-3-5-6(7)4-2;2*1-3-2-4/h3-7H2,1-2H3;3-5H2,1-2H3;2*1H3. The molecule has 0 amide bonds. The van der Waals surface area contributed by atoms with Gasteiger partial charge in [-0.15, -0.1) is 0 Å². The van der Waals surface area contributed by atoms with Crippen molar-refractivity contribution in [1.29, 1.82) is 0 Å². The van der Waals surface area contributed by atoms with Crippen LogP contribution in [-0.4, -0.2) is 36.9 Å². The lowest BCUT2D eigenvalue weighted by Crippen LogP contribution is -1.93. The Labute approximate surface area is 153 Å². The van der Waals surface area contributed by atoms with Gasteiger partial charge in [-0.25, -0.2) is 14.8 Å². The first kappa shape index (κ1) is 30.4. The van der Waals surface area contributed by atoms with Crippen LogP contribution in [0.2, 0.25) is 0 Å². The van der Waals surface area contributed by atoms with Crippen molar-refractivity contribution in [2.24, 2.45) is 9.98 Å². The number of hydrogen-bond acceptors (Lipinski definition) is 6. The third-order valence-corrected chi connectivity index (χ3v) is 2.74. The number of aliphatic imine (C=N–C) groups is 2. The lowest BCUT2D eigenvalue weighted by atomic mass is 10.1. The van der Waals surface area contributed by atoms with E-state index in [-0.39, 0.29) is 0 Å². The van der Waals surface area contributed by atoms with Gasteiger partial charge in [0.2, 0.25) is 6.08 Å². The zero-order valence-corrected chi connectivity index (χ0v) is 17.0. The summed E-state index contributed by atoms with van der Waals surface area (Å²) in [5.41, 5.74) is 0. The molecule has 140 valence electrons. The fourth-order valence-electron chi connectivity index (χ4n) is 1.20. The van der Waals surface area contributed by atoms with Crippen LogP contribution < -0.4 is 0 Å². The van der Waals surface area contributed by atoms with Gasteiger partial charge in [-0.1, -0.05) is 40.5 Å². The van der Waals surface area contributed by atoms with Crippen molar-refractivity contribution in [2.45, 2.75) is 79.1 Å². The molecule has 0 radical (unpaired) electrons. The Morgan fingerprint density at radius 2 is 1.25 bits per heavy atom. The summed E-state index contributed by atoms with van der Waals surface area (Å²) in [6.45, 7) is 8.00. The van der Waals surface area contributed by atoms with Crippen LogP contribution in [0.5, 0.6) is 0 Å². The molecule has 0 heterocycles. The van der Waals surface area contributed by atoms with Gasteiger partial charge >= 0.3 is 0 Å². The highest BCUT2D eigenvalue weighted by molar-refractivity contribution is 7.78. The molecule has 0 unspecified atom stereocenters. The highest BCUT2D eigenvalue weighted by atomic mass is 32.1. The quantitative estimate of drug-likeness (QED) is 0.265. The summed E-state index contributed by atoms with van der Waals surface area (Å²) in [6.07, 6.45) is 8.76. The minimum absolute atomic E-state index is 0.377. The number of nitrogens with zero attached hydrogens (tertiary/aromatic N) is 2. The summed E-state index contributed by atoms with van der Waals surface area (Å²) >= 11 is 4.14. The van der Waals surface area contributed by atoms with E-state index in [4.69, 9.17) is 4.79 Å². The van der Waals surface area contributed by atoms with Crippen molar-refractivity contribution < 1.29 is 14.4 Å². The Morgan fingerprint density at radius 1 is 0.833 bits per heavy atom. The smallest absolute Gasteiger partial charge is 0.234 e. The third kappa shape index (κ3) is 49.9. The van der Waals surface area contributed by atoms with Crippen LogP contribution in [0.15, 0.2) is 9.98 Å². The van der Waals surface area contributed by atoms with Gasteiger partial charge in [0.15, 0.2) is 0 Å². The first-order valence-electron chi connectivity index (χ1n) is 8.40. The predicted octanol–water partition coefficient (Wildman–Crippen LogP) is 4.98. The Morgan fingerprint density at radius 3 is 1.46 bits per heavy atom. The largest absolute Gasteiger partial charge is 0.300 e. The molecular formula is C18H34N2O3S. The summed E-state index contributed by atoms with van der Waals surface area (Å²) in [6, 6.07) is 0. The molecule has 0 aliphatic carbocycles. The number of hydrogen-bond donors (Lipinski definition) is 0. The highest BCUT2D eigenvalue weighted by Crippen LogP contribution is 2.00. The van der Waals surface area contributed by atoms with Crippen molar-refractivity contribution in [3.05, 3.63) is 0 Å². The Hall–Kier alpha value is -1.48. The van der Waals surface area contributed by atoms with Gasteiger partial charge in [0.25, 0.3) is 0 Å². The highest BCUT2D eigenvalue weighted by Gasteiger charge is 1.95. The van der Waals surface area contributed by atoms with E-state index in [1.807, 2.05) is 20.8 Å². The summed E-state index contributed by atoms with van der Waals surface area (Å²) in [4.78, 5) is 36.2. The zero-order valence-electron chi connectivity index (χ0n) is 16.2. The Balaban J connectivity index is -0.000000119. The average molecular weight is 359 g/mol. The minimum Gasteiger partial charge on any atom is -0.300 e. The van der Waals surface area contributed by atoms with Gasteiger partial charge < -0.3 is 0 Å². The van der Waals surface area contributed by atoms with Crippen LogP contribution in [-0.2, 0) is 14.4 Å². The van der Waals surface area contributed by atoms with Crippen molar-refractivity contribution in [3.8, 4) is 0 Å². The van der Waals surface area contributed by atoms with Crippen LogP contribution >= 0.6 is 12.2 Å². The Kier molecular flexibility index (Phi) is 42.1. The van der Waals surface area contributed by atoms with Crippen molar-refractivity contribution in [1.82, 2.24) is 0 Å². The molecule has 0 atom stereocenters. The lowest BCUT2D eigenvalue weighted by molar-refractivity contribution is -0.119. The van der Waals surface area contributed by atoms with Crippen molar-refractivity contribution in [3.63, 3.8) is 0 Å². The fraction of sp³-hybridized carbons (Fsp3) is 0.778. The van der Waals surface area contributed by atoms with E-state index in [0.29, 0.717) is 24.4 Å². The van der Waals surface area contributed by atoms with Gasteiger partial charge in [-0.05, 0) is 25.1 Å². The molecule has 0 spiro atoms. The number of rotatable bonds is 8. The van der Waals surface area contributed by atoms with Crippen LogP contribution in [0.25, 0.3) is 0 Å². The molecule has 0 saturated carbocycles. The number of carbonyl (C=O) groups is 2. The minimum atomic E-state index is 0.377. The van der Waals surface area contributed by atoms with Crippen LogP contribution in [0.1, 0.15) is 79.1 Å². The molecule has 0 aromatic rings.